The lowest BCUT2D eigenvalue weighted by molar-refractivity contribution is -0.149. The number of benzene rings is 1. The summed E-state index contributed by atoms with van der Waals surface area (Å²) in [6.45, 7) is 3.64. The number of piperidine rings is 1. The molecule has 3 rings (SSSR count). The number of hydrogen-bond acceptors (Lipinski definition) is 6. The summed E-state index contributed by atoms with van der Waals surface area (Å²) in [5.74, 6) is 0.389. The maximum absolute atomic E-state index is 12.2. The molecule has 2 aliphatic heterocycles. The minimum atomic E-state index is -0.215. The van der Waals surface area contributed by atoms with E-state index in [9.17, 15) is 9.59 Å². The Hall–Kier alpha value is -2.28. The highest BCUT2D eigenvalue weighted by molar-refractivity contribution is 8.18. The molecule has 0 aliphatic carbocycles. The van der Waals surface area contributed by atoms with Crippen LogP contribution in [0.25, 0.3) is 6.08 Å². The van der Waals surface area contributed by atoms with Gasteiger partial charge in [-0.15, -0.1) is 0 Å². The second-order valence-electron chi connectivity index (χ2n) is 6.10. The molecule has 0 bridgehead atoms. The quantitative estimate of drug-likeness (QED) is 0.596. The van der Waals surface area contributed by atoms with Crippen LogP contribution in [0.1, 0.15) is 25.3 Å². The molecule has 0 unspecified atom stereocenters. The molecule has 7 heteroatoms. The van der Waals surface area contributed by atoms with Crippen molar-refractivity contribution in [3.63, 3.8) is 0 Å². The number of amides is 1. The Balaban J connectivity index is 1.60. The van der Waals surface area contributed by atoms with Gasteiger partial charge in [0.2, 0.25) is 0 Å². The summed E-state index contributed by atoms with van der Waals surface area (Å²) < 4.78 is 10.2. The molecule has 0 saturated carbocycles. The Morgan fingerprint density at radius 3 is 2.62 bits per heavy atom. The third-order valence-electron chi connectivity index (χ3n) is 4.41. The van der Waals surface area contributed by atoms with Crippen LogP contribution in [-0.4, -0.2) is 48.8 Å². The van der Waals surface area contributed by atoms with E-state index in [0.717, 1.165) is 29.3 Å². The van der Waals surface area contributed by atoms with Gasteiger partial charge in [-0.05, 0) is 55.3 Å². The van der Waals surface area contributed by atoms with Gasteiger partial charge in [-0.25, -0.2) is 0 Å². The van der Waals surface area contributed by atoms with Gasteiger partial charge in [0.25, 0.3) is 5.91 Å². The number of rotatable bonds is 4. The molecule has 2 aliphatic rings. The molecule has 0 aromatic heterocycles. The summed E-state index contributed by atoms with van der Waals surface area (Å²) >= 11 is 1.39. The fourth-order valence-corrected chi connectivity index (χ4v) is 3.92. The molecule has 1 aromatic carbocycles. The van der Waals surface area contributed by atoms with Crippen LogP contribution in [0.2, 0.25) is 0 Å². The van der Waals surface area contributed by atoms with Crippen molar-refractivity contribution >= 4 is 34.9 Å². The topological polar surface area (TPSA) is 68.2 Å². The molecule has 2 heterocycles. The molecule has 6 nitrogen and oxygen atoms in total. The molecule has 1 aromatic rings. The maximum Gasteiger partial charge on any atom is 0.309 e. The molecule has 0 N–H and O–H groups in total. The van der Waals surface area contributed by atoms with Crippen LogP contribution in [0, 0.1) is 5.92 Å². The van der Waals surface area contributed by atoms with E-state index in [-0.39, 0.29) is 17.8 Å². The second-order valence-corrected chi connectivity index (χ2v) is 7.11. The number of esters is 1. The smallest absolute Gasteiger partial charge is 0.309 e. The van der Waals surface area contributed by atoms with Gasteiger partial charge in [-0.1, -0.05) is 12.1 Å². The van der Waals surface area contributed by atoms with E-state index in [1.165, 1.54) is 11.8 Å². The van der Waals surface area contributed by atoms with Gasteiger partial charge in [-0.2, -0.15) is 4.99 Å². The van der Waals surface area contributed by atoms with E-state index >= 15 is 0 Å². The van der Waals surface area contributed by atoms with Gasteiger partial charge >= 0.3 is 5.97 Å². The van der Waals surface area contributed by atoms with Crippen LogP contribution in [0.5, 0.6) is 5.75 Å². The lowest BCUT2D eigenvalue weighted by Gasteiger charge is -2.31. The highest BCUT2D eigenvalue weighted by Crippen LogP contribution is 2.32. The number of methoxy groups -OCH3 is 1. The number of likely N-dealkylation sites (tertiary alicyclic amines) is 1. The van der Waals surface area contributed by atoms with Gasteiger partial charge in [-0.3, -0.25) is 9.59 Å². The van der Waals surface area contributed by atoms with Gasteiger partial charge in [0, 0.05) is 13.1 Å². The van der Waals surface area contributed by atoms with Crippen LogP contribution < -0.4 is 4.74 Å². The maximum atomic E-state index is 12.2. The third kappa shape index (κ3) is 4.27. The summed E-state index contributed by atoms with van der Waals surface area (Å²) in [6, 6.07) is 7.53. The van der Waals surface area contributed by atoms with Crippen molar-refractivity contribution in [2.75, 3.05) is 26.8 Å². The molecule has 1 fully saturated rings. The minimum Gasteiger partial charge on any atom is -0.497 e. The zero-order valence-electron chi connectivity index (χ0n) is 14.9. The average molecular weight is 374 g/mol. The van der Waals surface area contributed by atoms with E-state index in [4.69, 9.17) is 9.47 Å². The van der Waals surface area contributed by atoms with Crippen molar-refractivity contribution in [3.8, 4) is 5.75 Å². The molecule has 1 saturated heterocycles. The zero-order valence-corrected chi connectivity index (χ0v) is 15.8. The van der Waals surface area contributed by atoms with Crippen LogP contribution in [0.3, 0.4) is 0 Å². The Morgan fingerprint density at radius 1 is 1.31 bits per heavy atom. The summed E-state index contributed by atoms with van der Waals surface area (Å²) in [7, 11) is 1.62. The molecular weight excluding hydrogens is 352 g/mol. The highest BCUT2D eigenvalue weighted by Gasteiger charge is 2.31. The molecule has 1 amide bonds. The number of nitrogens with zero attached hydrogens (tertiary/aromatic N) is 2. The van der Waals surface area contributed by atoms with Crippen molar-refractivity contribution in [1.29, 1.82) is 0 Å². The average Bonchev–Trinajstić information content (AvgIpc) is 3.03. The van der Waals surface area contributed by atoms with E-state index in [1.54, 1.807) is 7.11 Å². The first kappa shape index (κ1) is 18.5. The number of carbonyl (C=O) groups excluding carboxylic acids is 2. The number of amidine groups is 1. The number of thioether (sulfide) groups is 1. The fraction of sp³-hybridized carbons (Fsp3) is 0.421. The van der Waals surface area contributed by atoms with Crippen LogP contribution >= 0.6 is 11.8 Å². The van der Waals surface area contributed by atoms with Crippen molar-refractivity contribution < 1.29 is 19.1 Å². The third-order valence-corrected chi connectivity index (χ3v) is 5.45. The number of hydrogen-bond donors (Lipinski definition) is 0. The van der Waals surface area contributed by atoms with Crippen molar-refractivity contribution in [2.45, 2.75) is 19.8 Å². The van der Waals surface area contributed by atoms with E-state index in [2.05, 4.69) is 9.89 Å². The van der Waals surface area contributed by atoms with E-state index in [1.807, 2.05) is 37.3 Å². The van der Waals surface area contributed by atoms with Crippen LogP contribution in [-0.2, 0) is 14.3 Å². The number of carbonyl (C=O) groups is 2. The predicted octanol–water partition coefficient (Wildman–Crippen LogP) is 2.94. The van der Waals surface area contributed by atoms with Crippen molar-refractivity contribution in [3.05, 3.63) is 34.7 Å². The van der Waals surface area contributed by atoms with Gasteiger partial charge in [0.05, 0.1) is 24.5 Å². The molecular formula is C19H22N2O4S. The lowest BCUT2D eigenvalue weighted by Crippen LogP contribution is -2.39. The molecule has 138 valence electrons. The highest BCUT2D eigenvalue weighted by atomic mass is 32.2. The van der Waals surface area contributed by atoms with Crippen LogP contribution in [0.4, 0.5) is 0 Å². The molecule has 0 atom stereocenters. The normalized spacial score (nSPS) is 19.6. The SMILES string of the molecule is CCOC(=O)C1CCN(C2=NC(=O)/C(=C\c3ccc(OC)cc3)S2)CC1. The van der Waals surface area contributed by atoms with Crippen molar-refractivity contribution in [2.24, 2.45) is 10.9 Å². The number of ether oxygens (including phenoxy) is 2. The summed E-state index contributed by atoms with van der Waals surface area (Å²) in [5.41, 5.74) is 0.930. The Labute approximate surface area is 157 Å². The van der Waals surface area contributed by atoms with E-state index in [0.29, 0.717) is 24.6 Å². The summed E-state index contributed by atoms with van der Waals surface area (Å²) in [4.78, 5) is 30.9. The number of aliphatic imine (C=N–C) groups is 1. The van der Waals surface area contributed by atoms with E-state index < -0.39 is 0 Å². The minimum absolute atomic E-state index is 0.0526. The van der Waals surface area contributed by atoms with Crippen molar-refractivity contribution in [1.82, 2.24) is 4.90 Å². The molecule has 0 spiro atoms. The first-order chi connectivity index (χ1) is 12.6. The standard InChI is InChI=1S/C19H22N2O4S/c1-3-25-18(23)14-8-10-21(11-9-14)19-20-17(22)16(26-19)12-13-4-6-15(24-2)7-5-13/h4-7,12,14H,3,8-11H2,1-2H3/b16-12+. The first-order valence-electron chi connectivity index (χ1n) is 8.69. The lowest BCUT2D eigenvalue weighted by atomic mass is 9.97. The predicted molar refractivity (Wildman–Crippen MR) is 102 cm³/mol. The van der Waals surface area contributed by atoms with Gasteiger partial charge in [0.15, 0.2) is 5.17 Å². The van der Waals surface area contributed by atoms with Crippen LogP contribution in [0.15, 0.2) is 34.2 Å². The van der Waals surface area contributed by atoms with Gasteiger partial charge < -0.3 is 14.4 Å². The second kappa shape index (κ2) is 8.40. The Bertz CT molecular complexity index is 734. The summed E-state index contributed by atoms with van der Waals surface area (Å²) in [5, 5.41) is 0.720. The first-order valence-corrected chi connectivity index (χ1v) is 9.50. The Kier molecular flexibility index (Phi) is 5.98. The van der Waals surface area contributed by atoms with Gasteiger partial charge in [0.1, 0.15) is 5.75 Å². The zero-order chi connectivity index (χ0) is 18.5. The molecule has 0 radical (unpaired) electrons. The largest absolute Gasteiger partial charge is 0.497 e. The monoisotopic (exact) mass is 374 g/mol. The fourth-order valence-electron chi connectivity index (χ4n) is 2.95. The summed E-state index contributed by atoms with van der Waals surface area (Å²) in [6.07, 6.45) is 3.29. The Morgan fingerprint density at radius 2 is 2.00 bits per heavy atom. The molecule has 26 heavy (non-hydrogen) atoms.